The van der Waals surface area contributed by atoms with Gasteiger partial charge in [-0.15, -0.1) is 0 Å². The average molecular weight is 276 g/mol. The van der Waals surface area contributed by atoms with E-state index in [1.165, 1.54) is 5.56 Å². The van der Waals surface area contributed by atoms with Crippen LogP contribution in [-0.4, -0.2) is 52.1 Å². The number of hydrogen-bond donors (Lipinski definition) is 1. The van der Waals surface area contributed by atoms with Crippen LogP contribution in [0, 0.1) is 0 Å². The van der Waals surface area contributed by atoms with Crippen molar-refractivity contribution in [3.8, 4) is 0 Å². The van der Waals surface area contributed by atoms with Crippen molar-refractivity contribution in [2.24, 2.45) is 0 Å². The summed E-state index contributed by atoms with van der Waals surface area (Å²) in [5.41, 5.74) is 1.29. The van der Waals surface area contributed by atoms with Gasteiger partial charge < -0.3 is 5.11 Å². The van der Waals surface area contributed by atoms with Crippen LogP contribution in [0.5, 0.6) is 0 Å². The standard InChI is InChI=1S/C16H24N2O2/c1-13(15(19)20)17-9-10-18(16(2,3)12-17)11-14-7-5-4-6-8-14/h4-8,13H,9-12H2,1-3H3,(H,19,20). The number of rotatable bonds is 4. The third-order valence-electron chi connectivity index (χ3n) is 4.22. The molecule has 2 rings (SSSR count). The summed E-state index contributed by atoms with van der Waals surface area (Å²) < 4.78 is 0. The number of carboxylic acid groups (broad SMARTS) is 1. The fraction of sp³-hybridized carbons (Fsp3) is 0.562. The summed E-state index contributed by atoms with van der Waals surface area (Å²) in [5.74, 6) is -0.739. The number of piperazine rings is 1. The first-order valence-electron chi connectivity index (χ1n) is 7.16. The van der Waals surface area contributed by atoms with E-state index in [-0.39, 0.29) is 5.54 Å². The van der Waals surface area contributed by atoms with Gasteiger partial charge in [0, 0.05) is 31.7 Å². The average Bonchev–Trinajstić information content (AvgIpc) is 2.41. The van der Waals surface area contributed by atoms with Gasteiger partial charge in [0.2, 0.25) is 0 Å². The van der Waals surface area contributed by atoms with E-state index in [1.54, 1.807) is 6.92 Å². The van der Waals surface area contributed by atoms with E-state index < -0.39 is 12.0 Å². The molecule has 1 N–H and O–H groups in total. The lowest BCUT2D eigenvalue weighted by atomic mass is 9.96. The topological polar surface area (TPSA) is 43.8 Å². The Morgan fingerprint density at radius 2 is 1.95 bits per heavy atom. The lowest BCUT2D eigenvalue weighted by Crippen LogP contribution is -2.61. The van der Waals surface area contributed by atoms with Crippen molar-refractivity contribution in [1.82, 2.24) is 9.80 Å². The number of nitrogens with zero attached hydrogens (tertiary/aromatic N) is 2. The second kappa shape index (κ2) is 5.94. The van der Waals surface area contributed by atoms with Gasteiger partial charge >= 0.3 is 5.97 Å². The van der Waals surface area contributed by atoms with E-state index in [4.69, 9.17) is 5.11 Å². The predicted molar refractivity (Wildman–Crippen MR) is 79.6 cm³/mol. The van der Waals surface area contributed by atoms with E-state index in [0.717, 1.165) is 26.2 Å². The van der Waals surface area contributed by atoms with Crippen molar-refractivity contribution in [3.05, 3.63) is 35.9 Å². The third-order valence-corrected chi connectivity index (χ3v) is 4.22. The number of carboxylic acids is 1. The monoisotopic (exact) mass is 276 g/mol. The Hall–Kier alpha value is -1.39. The van der Waals surface area contributed by atoms with Crippen LogP contribution < -0.4 is 0 Å². The van der Waals surface area contributed by atoms with Crippen molar-refractivity contribution < 1.29 is 9.90 Å². The number of aliphatic carboxylic acids is 1. The summed E-state index contributed by atoms with van der Waals surface area (Å²) in [5, 5.41) is 9.15. The van der Waals surface area contributed by atoms with Gasteiger partial charge in [-0.25, -0.2) is 0 Å². The van der Waals surface area contributed by atoms with Crippen LogP contribution >= 0.6 is 0 Å². The van der Waals surface area contributed by atoms with Gasteiger partial charge in [0.05, 0.1) is 0 Å². The Balaban J connectivity index is 2.03. The molecule has 1 saturated heterocycles. The molecule has 1 aromatic rings. The van der Waals surface area contributed by atoms with Crippen LogP contribution in [0.25, 0.3) is 0 Å². The molecule has 20 heavy (non-hydrogen) atoms. The van der Waals surface area contributed by atoms with Crippen LogP contribution in [-0.2, 0) is 11.3 Å². The summed E-state index contributed by atoms with van der Waals surface area (Å²) in [7, 11) is 0. The molecule has 1 atom stereocenters. The highest BCUT2D eigenvalue weighted by molar-refractivity contribution is 5.72. The van der Waals surface area contributed by atoms with Crippen LogP contribution in [0.15, 0.2) is 30.3 Å². The molecule has 0 saturated carbocycles. The normalized spacial score (nSPS) is 21.6. The molecule has 4 nitrogen and oxygen atoms in total. The van der Waals surface area contributed by atoms with E-state index in [0.29, 0.717) is 0 Å². The maximum atomic E-state index is 11.1. The molecule has 0 bridgehead atoms. The highest BCUT2D eigenvalue weighted by Gasteiger charge is 2.36. The zero-order valence-corrected chi connectivity index (χ0v) is 12.5. The minimum Gasteiger partial charge on any atom is -0.480 e. The molecule has 1 aromatic carbocycles. The summed E-state index contributed by atoms with van der Waals surface area (Å²) in [6, 6.07) is 10.0. The fourth-order valence-electron chi connectivity index (χ4n) is 2.81. The first-order valence-corrected chi connectivity index (χ1v) is 7.16. The van der Waals surface area contributed by atoms with Crippen LogP contribution in [0.4, 0.5) is 0 Å². The molecule has 0 aliphatic carbocycles. The molecule has 1 aliphatic rings. The van der Waals surface area contributed by atoms with Crippen LogP contribution in [0.3, 0.4) is 0 Å². The molecule has 110 valence electrons. The van der Waals surface area contributed by atoms with Crippen molar-refractivity contribution in [3.63, 3.8) is 0 Å². The van der Waals surface area contributed by atoms with Crippen molar-refractivity contribution >= 4 is 5.97 Å². The zero-order valence-electron chi connectivity index (χ0n) is 12.5. The summed E-state index contributed by atoms with van der Waals surface area (Å²) in [6.45, 7) is 9.57. The fourth-order valence-corrected chi connectivity index (χ4v) is 2.81. The molecule has 0 radical (unpaired) electrons. The molecule has 4 heteroatoms. The Labute approximate surface area is 121 Å². The highest BCUT2D eigenvalue weighted by Crippen LogP contribution is 2.24. The highest BCUT2D eigenvalue weighted by atomic mass is 16.4. The molecule has 0 amide bonds. The maximum absolute atomic E-state index is 11.1. The SMILES string of the molecule is CC(C(=O)O)N1CCN(Cc2ccccc2)C(C)(C)C1. The summed E-state index contributed by atoms with van der Waals surface area (Å²) in [4.78, 5) is 15.6. The summed E-state index contributed by atoms with van der Waals surface area (Å²) in [6.07, 6.45) is 0. The molecule has 1 heterocycles. The van der Waals surface area contributed by atoms with Crippen LogP contribution in [0.1, 0.15) is 26.3 Å². The molecule has 1 aliphatic heterocycles. The molecular weight excluding hydrogens is 252 g/mol. The largest absolute Gasteiger partial charge is 0.480 e. The lowest BCUT2D eigenvalue weighted by Gasteiger charge is -2.48. The van der Waals surface area contributed by atoms with Crippen molar-refractivity contribution in [2.75, 3.05) is 19.6 Å². The maximum Gasteiger partial charge on any atom is 0.320 e. The first-order chi connectivity index (χ1) is 9.40. The quantitative estimate of drug-likeness (QED) is 0.914. The van der Waals surface area contributed by atoms with Crippen molar-refractivity contribution in [1.29, 1.82) is 0 Å². The van der Waals surface area contributed by atoms with E-state index in [2.05, 4.69) is 47.9 Å². The first kappa shape index (κ1) is 15.0. The van der Waals surface area contributed by atoms with Gasteiger partial charge in [-0.05, 0) is 26.3 Å². The Kier molecular flexibility index (Phi) is 4.45. The second-order valence-corrected chi connectivity index (χ2v) is 6.20. The number of benzene rings is 1. The molecule has 0 aromatic heterocycles. The molecule has 1 unspecified atom stereocenters. The minimum atomic E-state index is -0.739. The number of carbonyl (C=O) groups is 1. The molecular formula is C16H24N2O2. The van der Waals surface area contributed by atoms with Gasteiger partial charge in [0.1, 0.15) is 6.04 Å². The Morgan fingerprint density at radius 1 is 1.30 bits per heavy atom. The molecule has 1 fully saturated rings. The predicted octanol–water partition coefficient (Wildman–Crippen LogP) is 2.06. The second-order valence-electron chi connectivity index (χ2n) is 6.20. The Bertz CT molecular complexity index is 459. The van der Waals surface area contributed by atoms with E-state index in [1.807, 2.05) is 6.07 Å². The van der Waals surface area contributed by atoms with E-state index in [9.17, 15) is 4.79 Å². The van der Waals surface area contributed by atoms with Gasteiger partial charge in [-0.2, -0.15) is 0 Å². The lowest BCUT2D eigenvalue weighted by molar-refractivity contribution is -0.144. The van der Waals surface area contributed by atoms with Gasteiger partial charge in [-0.1, -0.05) is 30.3 Å². The van der Waals surface area contributed by atoms with Crippen molar-refractivity contribution in [2.45, 2.75) is 38.9 Å². The smallest absolute Gasteiger partial charge is 0.320 e. The van der Waals surface area contributed by atoms with Gasteiger partial charge in [0.15, 0.2) is 0 Å². The van der Waals surface area contributed by atoms with Crippen LogP contribution in [0.2, 0.25) is 0 Å². The van der Waals surface area contributed by atoms with Gasteiger partial charge in [-0.3, -0.25) is 14.6 Å². The minimum absolute atomic E-state index is 0.0161. The van der Waals surface area contributed by atoms with E-state index >= 15 is 0 Å². The third kappa shape index (κ3) is 3.38. The van der Waals surface area contributed by atoms with Gasteiger partial charge in [0.25, 0.3) is 0 Å². The molecule has 0 spiro atoms. The summed E-state index contributed by atoms with van der Waals surface area (Å²) >= 11 is 0. The Morgan fingerprint density at radius 3 is 2.50 bits per heavy atom. The zero-order chi connectivity index (χ0) is 14.8. The number of hydrogen-bond acceptors (Lipinski definition) is 3.